The van der Waals surface area contributed by atoms with Crippen LogP contribution in [0.2, 0.25) is 0 Å². The Morgan fingerprint density at radius 1 is 0.806 bits per heavy atom. The van der Waals surface area contributed by atoms with E-state index in [1.54, 1.807) is 13.8 Å². The van der Waals surface area contributed by atoms with E-state index in [1.807, 2.05) is 13.8 Å². The summed E-state index contributed by atoms with van der Waals surface area (Å²) in [5.74, 6) is -0.148. The van der Waals surface area contributed by atoms with E-state index < -0.39 is 0 Å². The number of esters is 1. The summed E-state index contributed by atoms with van der Waals surface area (Å²) in [6.45, 7) is 16.0. The van der Waals surface area contributed by atoms with Crippen LogP contribution in [-0.4, -0.2) is 24.5 Å². The molecule has 174 valence electrons. The van der Waals surface area contributed by atoms with E-state index >= 15 is 0 Å². The number of hydrogen-bond acceptors (Lipinski definition) is 4. The molecule has 0 aliphatic carbocycles. The van der Waals surface area contributed by atoms with Gasteiger partial charge >= 0.3 is 5.97 Å². The Morgan fingerprint density at radius 3 is 1.42 bits per heavy atom. The maximum Gasteiger partial charge on any atom is 0.308 e. The van der Waals surface area contributed by atoms with Gasteiger partial charge in [0.15, 0.2) is 0 Å². The molecule has 31 heavy (non-hydrogen) atoms. The van der Waals surface area contributed by atoms with Gasteiger partial charge in [0.05, 0.1) is 35.8 Å². The predicted octanol–water partition coefficient (Wildman–Crippen LogP) is 7.07. The Kier molecular flexibility index (Phi) is 14.7. The zero-order valence-electron chi connectivity index (χ0n) is 20.6. The van der Waals surface area contributed by atoms with E-state index in [2.05, 4.69) is 68.8 Å². The molecular weight excluding hydrogens is 431 g/mol. The number of carbonyl (C=O) groups excluding carboxylic acids is 1. The van der Waals surface area contributed by atoms with Crippen LogP contribution >= 0.6 is 0 Å². The minimum atomic E-state index is -0.153. The van der Waals surface area contributed by atoms with Crippen molar-refractivity contribution in [2.75, 3.05) is 7.11 Å². The normalized spacial score (nSPS) is 11.0. The molecule has 2 aromatic carbocycles. The van der Waals surface area contributed by atoms with Crippen molar-refractivity contribution in [1.29, 1.82) is 0 Å². The van der Waals surface area contributed by atoms with Crippen molar-refractivity contribution in [2.45, 2.75) is 55.4 Å². The van der Waals surface area contributed by atoms with Gasteiger partial charge in [-0.2, -0.15) is 0 Å². The zero-order chi connectivity index (χ0) is 22.1. The molecular formula is C26H37N2NiO2-. The number of benzene rings is 2. The molecule has 0 atom stereocenters. The van der Waals surface area contributed by atoms with Crippen LogP contribution in [0.5, 0.6) is 0 Å². The van der Waals surface area contributed by atoms with Gasteiger partial charge in [-0.15, -0.1) is 0 Å². The molecule has 0 saturated carbocycles. The summed E-state index contributed by atoms with van der Waals surface area (Å²) in [7, 11) is 1.39. The quantitative estimate of drug-likeness (QED) is 0.209. The van der Waals surface area contributed by atoms with Crippen LogP contribution < -0.4 is 0 Å². The Labute approximate surface area is 199 Å². The van der Waals surface area contributed by atoms with Crippen LogP contribution in [0.3, 0.4) is 0 Å². The van der Waals surface area contributed by atoms with Crippen LogP contribution in [0.25, 0.3) is 0 Å². The molecule has 0 amide bonds. The van der Waals surface area contributed by atoms with E-state index in [0.29, 0.717) is 0 Å². The van der Waals surface area contributed by atoms with Crippen LogP contribution in [0, 0.1) is 41.0 Å². The van der Waals surface area contributed by atoms with Crippen molar-refractivity contribution in [3.8, 4) is 0 Å². The molecule has 0 heterocycles. The van der Waals surface area contributed by atoms with Crippen LogP contribution in [0.1, 0.15) is 49.9 Å². The Hall–Kier alpha value is -2.26. The van der Waals surface area contributed by atoms with E-state index in [0.717, 1.165) is 22.8 Å². The SMILES string of the molecule is CC(=Nc1cc(C)ccc1C)C(C)=Nc1cc(C)ccc1C.COC(=O)C(C)C.[CH3-].[Ni]. The van der Waals surface area contributed by atoms with Crippen molar-refractivity contribution in [3.63, 3.8) is 0 Å². The maximum atomic E-state index is 10.3. The van der Waals surface area contributed by atoms with Crippen molar-refractivity contribution in [3.05, 3.63) is 66.1 Å². The van der Waals surface area contributed by atoms with Gasteiger partial charge in [0.2, 0.25) is 0 Å². The van der Waals surface area contributed by atoms with Crippen LogP contribution in [0.4, 0.5) is 11.4 Å². The van der Waals surface area contributed by atoms with Crippen LogP contribution in [0.15, 0.2) is 46.4 Å². The summed E-state index contributed by atoms with van der Waals surface area (Å²) in [6.07, 6.45) is 0. The summed E-state index contributed by atoms with van der Waals surface area (Å²) in [4.78, 5) is 19.8. The van der Waals surface area contributed by atoms with Crippen molar-refractivity contribution >= 4 is 28.8 Å². The van der Waals surface area contributed by atoms with Gasteiger partial charge in [0, 0.05) is 16.5 Å². The fraction of sp³-hybridized carbons (Fsp3) is 0.385. The summed E-state index contributed by atoms with van der Waals surface area (Å²) in [6, 6.07) is 12.7. The molecule has 0 N–H and O–H groups in total. The average Bonchev–Trinajstić information content (AvgIpc) is 2.67. The molecule has 0 aliphatic rings. The number of aryl methyl sites for hydroxylation is 4. The van der Waals surface area contributed by atoms with Crippen molar-refractivity contribution in [1.82, 2.24) is 0 Å². The Balaban J connectivity index is 0. The van der Waals surface area contributed by atoms with Gasteiger partial charge in [0.1, 0.15) is 0 Å². The molecule has 2 rings (SSSR count). The first-order valence-electron chi connectivity index (χ1n) is 9.88. The largest absolute Gasteiger partial charge is 0.469 e. The minimum Gasteiger partial charge on any atom is -0.469 e. The molecule has 5 heteroatoms. The van der Waals surface area contributed by atoms with E-state index in [4.69, 9.17) is 9.98 Å². The molecule has 0 saturated heterocycles. The standard InChI is InChI=1S/C20H24N2.C5H10O2.CH3.Ni/c1-13-7-9-15(3)19(11-13)21-17(5)18(6)22-20-12-14(2)8-10-16(20)4;1-4(2)5(6)7-3;;/h7-12H,1-6H3;4H,1-3H3;1H3;/q;;-1;. The number of carbonyl (C=O) groups is 1. The first-order chi connectivity index (χ1) is 13.5. The molecule has 0 spiro atoms. The predicted molar refractivity (Wildman–Crippen MR) is 131 cm³/mol. The average molecular weight is 468 g/mol. The third kappa shape index (κ3) is 10.6. The molecule has 2 aromatic rings. The topological polar surface area (TPSA) is 51.0 Å². The molecule has 0 aliphatic heterocycles. The summed E-state index contributed by atoms with van der Waals surface area (Å²) in [5.41, 5.74) is 8.77. The molecule has 0 unspecified atom stereocenters. The van der Waals surface area contributed by atoms with E-state index in [1.165, 1.54) is 29.4 Å². The Bertz CT molecular complexity index is 850. The second-order valence-electron chi connectivity index (χ2n) is 7.65. The summed E-state index contributed by atoms with van der Waals surface area (Å²) >= 11 is 0. The van der Waals surface area contributed by atoms with Gasteiger partial charge in [0.25, 0.3) is 0 Å². The number of ether oxygens (including phenoxy) is 1. The van der Waals surface area contributed by atoms with Gasteiger partial charge < -0.3 is 12.2 Å². The maximum absolute atomic E-state index is 10.3. The zero-order valence-corrected chi connectivity index (χ0v) is 21.6. The monoisotopic (exact) mass is 467 g/mol. The van der Waals surface area contributed by atoms with E-state index in [9.17, 15) is 4.79 Å². The molecule has 0 bridgehead atoms. The van der Waals surface area contributed by atoms with Crippen molar-refractivity contribution < 1.29 is 26.0 Å². The molecule has 4 nitrogen and oxygen atoms in total. The fourth-order valence-electron chi connectivity index (χ4n) is 2.44. The van der Waals surface area contributed by atoms with Gasteiger partial charge in [-0.1, -0.05) is 38.1 Å². The first kappa shape index (κ1) is 30.9. The minimum absolute atomic E-state index is 0. The van der Waals surface area contributed by atoms with Crippen molar-refractivity contribution in [2.24, 2.45) is 15.9 Å². The fourth-order valence-corrected chi connectivity index (χ4v) is 2.44. The van der Waals surface area contributed by atoms with Gasteiger partial charge in [-0.3, -0.25) is 14.8 Å². The third-order valence-electron chi connectivity index (χ3n) is 4.50. The third-order valence-corrected chi connectivity index (χ3v) is 4.50. The summed E-state index contributed by atoms with van der Waals surface area (Å²) < 4.78 is 4.37. The number of methoxy groups -OCH3 is 1. The molecule has 0 fully saturated rings. The summed E-state index contributed by atoms with van der Waals surface area (Å²) in [5, 5.41) is 0. The second-order valence-corrected chi connectivity index (χ2v) is 7.65. The number of nitrogens with zero attached hydrogens (tertiary/aromatic N) is 2. The number of aliphatic imine (C=N–C) groups is 2. The van der Waals surface area contributed by atoms with Crippen LogP contribution in [-0.2, 0) is 26.0 Å². The second kappa shape index (κ2) is 14.7. The molecule has 0 aromatic heterocycles. The van der Waals surface area contributed by atoms with Gasteiger partial charge in [-0.25, -0.2) is 0 Å². The Morgan fingerprint density at radius 2 is 1.16 bits per heavy atom. The van der Waals surface area contributed by atoms with E-state index in [-0.39, 0.29) is 35.8 Å². The van der Waals surface area contributed by atoms with Gasteiger partial charge in [-0.05, 0) is 75.9 Å². The first-order valence-corrected chi connectivity index (χ1v) is 9.88. The number of hydrogen-bond donors (Lipinski definition) is 0. The smallest absolute Gasteiger partial charge is 0.308 e. The number of rotatable bonds is 4. The molecule has 0 radical (unpaired) electrons.